The number of nitrogen functional groups attached to an aromatic ring is 1. The summed E-state index contributed by atoms with van der Waals surface area (Å²) in [5, 5.41) is 0.643. The maximum Gasteiger partial charge on any atom is 0.433 e. The lowest BCUT2D eigenvalue weighted by Gasteiger charge is -2.29. The third-order valence-corrected chi connectivity index (χ3v) is 6.06. The van der Waals surface area contributed by atoms with E-state index in [-0.39, 0.29) is 11.5 Å². The van der Waals surface area contributed by atoms with Crippen LogP contribution in [0.15, 0.2) is 52.6 Å². The van der Waals surface area contributed by atoms with Crippen molar-refractivity contribution in [3.63, 3.8) is 0 Å². The molecule has 37 heavy (non-hydrogen) atoms. The monoisotopic (exact) mass is 512 g/mol. The van der Waals surface area contributed by atoms with E-state index in [9.17, 15) is 13.2 Å². The number of benzene rings is 2. The molecule has 0 radical (unpaired) electrons. The number of aliphatic imine (C=N–C) groups is 2. The van der Waals surface area contributed by atoms with Crippen LogP contribution in [0.5, 0.6) is 5.75 Å². The predicted octanol–water partition coefficient (Wildman–Crippen LogP) is 3.20. The van der Waals surface area contributed by atoms with Crippen molar-refractivity contribution in [2.75, 3.05) is 33.0 Å². The molecule has 1 aliphatic rings. The Labute approximate surface area is 211 Å². The van der Waals surface area contributed by atoms with Crippen LogP contribution in [-0.2, 0) is 13.0 Å². The van der Waals surface area contributed by atoms with Crippen LogP contribution in [0.3, 0.4) is 0 Å². The molecule has 0 unspecified atom stereocenters. The number of fused-ring (bicyclic) bond motifs is 2. The molecule has 3 aromatic rings. The van der Waals surface area contributed by atoms with Gasteiger partial charge in [-0.25, -0.2) is 9.98 Å². The van der Waals surface area contributed by atoms with E-state index in [2.05, 4.69) is 24.9 Å². The van der Waals surface area contributed by atoms with Crippen LogP contribution in [0.1, 0.15) is 16.7 Å². The van der Waals surface area contributed by atoms with E-state index in [1.807, 2.05) is 6.07 Å². The Balaban J connectivity index is 1.58. The number of aromatic nitrogens is 2. The lowest BCUT2D eigenvalue weighted by Crippen LogP contribution is -2.37. The first-order chi connectivity index (χ1) is 17.6. The van der Waals surface area contributed by atoms with E-state index in [0.717, 1.165) is 24.4 Å². The summed E-state index contributed by atoms with van der Waals surface area (Å²) in [5.74, 6) is 1.22. The van der Waals surface area contributed by atoms with Gasteiger partial charge in [0.1, 0.15) is 22.8 Å². The number of alkyl halides is 3. The number of hydrogen-bond donors (Lipinski definition) is 3. The predicted molar refractivity (Wildman–Crippen MR) is 139 cm³/mol. The summed E-state index contributed by atoms with van der Waals surface area (Å²) >= 11 is 0. The van der Waals surface area contributed by atoms with Gasteiger partial charge in [0.2, 0.25) is 5.95 Å². The molecule has 2 aromatic carbocycles. The Bertz CT molecular complexity index is 1420. The van der Waals surface area contributed by atoms with Crippen molar-refractivity contribution in [3.8, 4) is 5.75 Å². The Morgan fingerprint density at radius 2 is 1.97 bits per heavy atom. The second kappa shape index (κ2) is 10.4. The molecular weight excluding hydrogens is 485 g/mol. The number of anilines is 1. The smallest absolute Gasteiger partial charge is 0.433 e. The van der Waals surface area contributed by atoms with Gasteiger partial charge in [-0.05, 0) is 41.3 Å². The van der Waals surface area contributed by atoms with Crippen LogP contribution in [-0.4, -0.2) is 59.8 Å². The van der Waals surface area contributed by atoms with E-state index in [1.54, 1.807) is 30.3 Å². The molecule has 2 heterocycles. The quantitative estimate of drug-likeness (QED) is 0.340. The molecule has 9 nitrogen and oxygen atoms in total. The van der Waals surface area contributed by atoms with Crippen molar-refractivity contribution in [1.29, 1.82) is 0 Å². The summed E-state index contributed by atoms with van der Waals surface area (Å²) < 4.78 is 45.7. The van der Waals surface area contributed by atoms with Gasteiger partial charge >= 0.3 is 6.18 Å². The Morgan fingerprint density at radius 1 is 1.19 bits per heavy atom. The number of nitrogens with two attached hydrogens (primary N) is 3. The molecule has 0 fully saturated rings. The maximum atomic E-state index is 13.4. The van der Waals surface area contributed by atoms with Gasteiger partial charge in [-0.1, -0.05) is 18.2 Å². The summed E-state index contributed by atoms with van der Waals surface area (Å²) in [6.45, 7) is 1.50. The molecule has 0 atom stereocenters. The number of hydrogen-bond acceptors (Lipinski definition) is 8. The fourth-order valence-electron chi connectivity index (χ4n) is 4.41. The van der Waals surface area contributed by atoms with E-state index in [0.29, 0.717) is 59.9 Å². The molecule has 1 aromatic heterocycles. The zero-order chi connectivity index (χ0) is 26.7. The van der Waals surface area contributed by atoms with Crippen molar-refractivity contribution >= 4 is 39.8 Å². The lowest BCUT2D eigenvalue weighted by atomic mass is 9.93. The third kappa shape index (κ3) is 5.48. The average molecular weight is 513 g/mol. The fourth-order valence-corrected chi connectivity index (χ4v) is 4.41. The molecule has 0 saturated heterocycles. The van der Waals surface area contributed by atoms with E-state index in [4.69, 9.17) is 21.9 Å². The highest BCUT2D eigenvalue weighted by molar-refractivity contribution is 6.26. The number of rotatable bonds is 6. The van der Waals surface area contributed by atoms with Gasteiger partial charge in [-0.3, -0.25) is 9.89 Å². The first-order valence-electron chi connectivity index (χ1n) is 11.4. The van der Waals surface area contributed by atoms with Crippen LogP contribution < -0.4 is 21.9 Å². The average Bonchev–Trinajstić information content (AvgIpc) is 2.85. The fraction of sp³-hybridized carbons (Fsp3) is 0.280. The van der Waals surface area contributed by atoms with Crippen molar-refractivity contribution in [1.82, 2.24) is 14.9 Å². The second-order valence-corrected chi connectivity index (χ2v) is 8.46. The first kappa shape index (κ1) is 25.9. The van der Waals surface area contributed by atoms with Crippen molar-refractivity contribution < 1.29 is 17.9 Å². The maximum absolute atomic E-state index is 13.4. The minimum Gasteiger partial charge on any atom is -0.494 e. The topological polar surface area (TPSA) is 141 Å². The number of ether oxygens (including phenoxy) is 1. The SMILES string of the molecule is CN=C(C(=CN)c1ccc2c(c1)CN(CC(N)=Nc1nc(N)nc3c(OC)cccc13)CC2)C(F)(F)F. The standard InChI is InChI=1S/C25H27F3N8O/c1-32-22(25(26,27)28)18(11-29)15-7-6-14-8-9-36(12-16(14)10-15)13-20(30)33-23-17-4-3-5-19(37-2)21(17)34-24(31)35-23/h3-7,10-11H,8-9,12-13,29H2,1-2H3,(H4,30,31,33,34,35). The van der Waals surface area contributed by atoms with Gasteiger partial charge in [0.25, 0.3) is 0 Å². The van der Waals surface area contributed by atoms with Crippen LogP contribution in [0.25, 0.3) is 16.5 Å². The lowest BCUT2D eigenvalue weighted by molar-refractivity contribution is -0.0572. The van der Waals surface area contributed by atoms with Crippen LogP contribution >= 0.6 is 0 Å². The zero-order valence-electron chi connectivity index (χ0n) is 20.4. The molecule has 1 aliphatic heterocycles. The minimum absolute atomic E-state index is 0.0422. The molecule has 0 saturated carbocycles. The molecule has 0 aliphatic carbocycles. The van der Waals surface area contributed by atoms with Crippen LogP contribution in [0.2, 0.25) is 0 Å². The number of nitrogens with zero attached hydrogens (tertiary/aromatic N) is 5. The van der Waals surface area contributed by atoms with Crippen LogP contribution in [0, 0.1) is 0 Å². The molecule has 6 N–H and O–H groups in total. The van der Waals surface area contributed by atoms with Crippen molar-refractivity contribution in [2.45, 2.75) is 19.1 Å². The van der Waals surface area contributed by atoms with Crippen molar-refractivity contribution in [3.05, 3.63) is 59.3 Å². The van der Waals surface area contributed by atoms with E-state index >= 15 is 0 Å². The Morgan fingerprint density at radius 3 is 2.65 bits per heavy atom. The molecule has 0 bridgehead atoms. The Kier molecular flexibility index (Phi) is 7.30. The van der Waals surface area contributed by atoms with E-state index < -0.39 is 11.9 Å². The molecule has 194 valence electrons. The molecular formula is C25H27F3N8O. The van der Waals surface area contributed by atoms with Gasteiger partial charge < -0.3 is 21.9 Å². The number of para-hydroxylation sites is 1. The summed E-state index contributed by atoms with van der Waals surface area (Å²) in [7, 11) is 2.63. The minimum atomic E-state index is -4.62. The highest BCUT2D eigenvalue weighted by Gasteiger charge is 2.38. The number of amidine groups is 1. The second-order valence-electron chi connectivity index (χ2n) is 8.46. The van der Waals surface area contributed by atoms with E-state index in [1.165, 1.54) is 7.11 Å². The van der Waals surface area contributed by atoms with Crippen LogP contribution in [0.4, 0.5) is 24.9 Å². The molecule has 4 rings (SSSR count). The summed E-state index contributed by atoms with van der Waals surface area (Å²) in [4.78, 5) is 18.5. The number of allylic oxidation sites excluding steroid dienone is 1. The summed E-state index contributed by atoms with van der Waals surface area (Å²) in [5.41, 5.74) is 19.4. The number of halogens is 3. The van der Waals surface area contributed by atoms with Gasteiger partial charge in [0.15, 0.2) is 5.82 Å². The third-order valence-electron chi connectivity index (χ3n) is 6.06. The first-order valence-corrected chi connectivity index (χ1v) is 11.4. The van der Waals surface area contributed by atoms with Gasteiger partial charge in [-0.2, -0.15) is 18.2 Å². The number of methoxy groups -OCH3 is 1. The molecule has 12 heteroatoms. The van der Waals surface area contributed by atoms with Gasteiger partial charge in [0, 0.05) is 37.3 Å². The highest BCUT2D eigenvalue weighted by atomic mass is 19.4. The van der Waals surface area contributed by atoms with Gasteiger partial charge in [-0.15, -0.1) is 0 Å². The summed E-state index contributed by atoms with van der Waals surface area (Å²) in [6.07, 6.45) is -2.97. The molecule has 0 amide bonds. The summed E-state index contributed by atoms with van der Waals surface area (Å²) in [6, 6.07) is 10.6. The normalized spacial score (nSPS) is 15.6. The molecule has 0 spiro atoms. The van der Waals surface area contributed by atoms with Gasteiger partial charge in [0.05, 0.1) is 13.7 Å². The largest absolute Gasteiger partial charge is 0.494 e. The van der Waals surface area contributed by atoms with Crippen molar-refractivity contribution in [2.24, 2.45) is 21.5 Å². The zero-order valence-corrected chi connectivity index (χ0v) is 20.4. The Hall–Kier alpha value is -4.19. The highest BCUT2D eigenvalue weighted by Crippen LogP contribution is 2.32.